The number of fused-ring (bicyclic) bond motifs is 1. The van der Waals surface area contributed by atoms with E-state index in [1.807, 2.05) is 30.3 Å². The lowest BCUT2D eigenvalue weighted by Gasteiger charge is -2.12. The molecule has 0 spiro atoms. The van der Waals surface area contributed by atoms with Gasteiger partial charge in [-0.15, -0.1) is 0 Å². The number of phenols is 1. The highest BCUT2D eigenvalue weighted by Crippen LogP contribution is 2.31. The van der Waals surface area contributed by atoms with Gasteiger partial charge in [0.2, 0.25) is 0 Å². The fourth-order valence-corrected chi connectivity index (χ4v) is 2.90. The van der Waals surface area contributed by atoms with Crippen molar-refractivity contribution >= 4 is 28.4 Å². The third-order valence-electron chi connectivity index (χ3n) is 4.32. The third kappa shape index (κ3) is 3.35. The Morgan fingerprint density at radius 3 is 2.39 bits per heavy atom. The van der Waals surface area contributed by atoms with E-state index >= 15 is 0 Å². The van der Waals surface area contributed by atoms with Gasteiger partial charge in [-0.1, -0.05) is 24.3 Å². The van der Waals surface area contributed by atoms with Crippen LogP contribution in [0.5, 0.6) is 5.75 Å². The predicted molar refractivity (Wildman–Crippen MR) is 108 cm³/mol. The predicted octanol–water partition coefficient (Wildman–Crippen LogP) is 4.53. The monoisotopic (exact) mass is 371 g/mol. The molecule has 4 aromatic rings. The van der Waals surface area contributed by atoms with Crippen molar-refractivity contribution in [1.29, 1.82) is 0 Å². The largest absolute Gasteiger partial charge is 0.507 e. The van der Waals surface area contributed by atoms with Gasteiger partial charge >= 0.3 is 5.97 Å². The fraction of sp³-hybridized carbons (Fsp3) is 0.0455. The highest BCUT2D eigenvalue weighted by Gasteiger charge is 2.12. The van der Waals surface area contributed by atoms with E-state index in [-0.39, 0.29) is 11.7 Å². The molecule has 0 aliphatic rings. The van der Waals surface area contributed by atoms with Crippen LogP contribution in [-0.2, 0) is 4.74 Å². The summed E-state index contributed by atoms with van der Waals surface area (Å²) in [6.07, 6.45) is 0. The minimum absolute atomic E-state index is 0.117. The van der Waals surface area contributed by atoms with Crippen molar-refractivity contribution < 1.29 is 14.6 Å². The van der Waals surface area contributed by atoms with Crippen LogP contribution in [0.15, 0.2) is 72.8 Å². The number of aromatic hydroxyl groups is 1. The zero-order valence-corrected chi connectivity index (χ0v) is 15.1. The van der Waals surface area contributed by atoms with Gasteiger partial charge in [-0.05, 0) is 48.5 Å². The van der Waals surface area contributed by atoms with Crippen LogP contribution in [0.1, 0.15) is 10.4 Å². The Hall–Kier alpha value is -3.93. The van der Waals surface area contributed by atoms with Gasteiger partial charge < -0.3 is 15.2 Å². The lowest BCUT2D eigenvalue weighted by Crippen LogP contribution is -2.02. The van der Waals surface area contributed by atoms with Crippen LogP contribution in [0.3, 0.4) is 0 Å². The van der Waals surface area contributed by atoms with Crippen LogP contribution < -0.4 is 5.32 Å². The number of carbonyl (C=O) groups excluding carboxylic acids is 1. The minimum atomic E-state index is -0.388. The number of esters is 1. The second kappa shape index (κ2) is 7.36. The van der Waals surface area contributed by atoms with Gasteiger partial charge in [-0.3, -0.25) is 0 Å². The van der Waals surface area contributed by atoms with E-state index in [9.17, 15) is 9.90 Å². The molecule has 28 heavy (non-hydrogen) atoms. The van der Waals surface area contributed by atoms with Crippen LogP contribution in [0.4, 0.5) is 11.5 Å². The molecule has 2 N–H and O–H groups in total. The molecule has 0 radical (unpaired) electrons. The van der Waals surface area contributed by atoms with Crippen molar-refractivity contribution in [1.82, 2.24) is 9.97 Å². The van der Waals surface area contributed by atoms with Crippen molar-refractivity contribution in [2.24, 2.45) is 0 Å². The van der Waals surface area contributed by atoms with Crippen LogP contribution in [0.2, 0.25) is 0 Å². The van der Waals surface area contributed by atoms with E-state index in [4.69, 9.17) is 4.74 Å². The number of benzene rings is 3. The molecule has 0 saturated carbocycles. The number of nitrogens with zero attached hydrogens (tertiary/aromatic N) is 2. The molecule has 1 heterocycles. The van der Waals surface area contributed by atoms with Crippen LogP contribution in [-0.4, -0.2) is 28.2 Å². The number of ether oxygens (including phenoxy) is 1. The van der Waals surface area contributed by atoms with Gasteiger partial charge in [0.05, 0.1) is 23.8 Å². The number of carbonyl (C=O) groups is 1. The Labute approximate surface area is 161 Å². The molecule has 6 heteroatoms. The van der Waals surface area contributed by atoms with Gasteiger partial charge in [-0.25, -0.2) is 14.8 Å². The second-order valence-electron chi connectivity index (χ2n) is 6.12. The van der Waals surface area contributed by atoms with E-state index in [1.54, 1.807) is 42.5 Å². The molecule has 0 amide bonds. The lowest BCUT2D eigenvalue weighted by molar-refractivity contribution is 0.0601. The van der Waals surface area contributed by atoms with Crippen LogP contribution >= 0.6 is 0 Å². The number of rotatable bonds is 4. The molecule has 0 bridgehead atoms. The van der Waals surface area contributed by atoms with Crippen molar-refractivity contribution in [3.63, 3.8) is 0 Å². The number of nitrogens with one attached hydrogen (secondary N) is 1. The summed E-state index contributed by atoms with van der Waals surface area (Å²) in [5.74, 6) is 0.757. The summed E-state index contributed by atoms with van der Waals surface area (Å²) >= 11 is 0. The van der Waals surface area contributed by atoms with Crippen LogP contribution in [0, 0.1) is 0 Å². The molecule has 0 atom stereocenters. The summed E-state index contributed by atoms with van der Waals surface area (Å²) in [6.45, 7) is 0. The Balaban J connectivity index is 1.77. The SMILES string of the molecule is COC(=O)c1ccc(Nc2nc(-c3ccccc3O)nc3ccccc23)cc1. The Morgan fingerprint density at radius 1 is 0.929 bits per heavy atom. The van der Waals surface area contributed by atoms with Crippen LogP contribution in [0.25, 0.3) is 22.3 Å². The first-order valence-corrected chi connectivity index (χ1v) is 8.66. The van der Waals surface area contributed by atoms with Crippen molar-refractivity contribution in [2.45, 2.75) is 0 Å². The highest BCUT2D eigenvalue weighted by molar-refractivity contribution is 5.93. The first-order valence-electron chi connectivity index (χ1n) is 8.66. The summed E-state index contributed by atoms with van der Waals surface area (Å²) in [5.41, 5.74) is 2.54. The molecule has 1 aromatic heterocycles. The maximum atomic E-state index is 11.6. The van der Waals surface area contributed by atoms with E-state index in [2.05, 4.69) is 15.3 Å². The topological polar surface area (TPSA) is 84.3 Å². The van der Waals surface area contributed by atoms with E-state index in [0.717, 1.165) is 16.6 Å². The Bertz CT molecular complexity index is 1160. The molecular weight excluding hydrogens is 354 g/mol. The molecule has 0 fully saturated rings. The van der Waals surface area contributed by atoms with Crippen molar-refractivity contribution in [3.05, 3.63) is 78.4 Å². The average molecular weight is 371 g/mol. The number of aromatic nitrogens is 2. The van der Waals surface area contributed by atoms with Gasteiger partial charge in [0.1, 0.15) is 11.6 Å². The van der Waals surface area contributed by atoms with Gasteiger partial charge in [-0.2, -0.15) is 0 Å². The molecular formula is C22H17N3O3. The highest BCUT2D eigenvalue weighted by atomic mass is 16.5. The average Bonchev–Trinajstić information content (AvgIpc) is 2.74. The number of para-hydroxylation sites is 2. The molecule has 6 nitrogen and oxygen atoms in total. The van der Waals surface area contributed by atoms with Crippen molar-refractivity contribution in [2.75, 3.05) is 12.4 Å². The third-order valence-corrected chi connectivity index (χ3v) is 4.32. The van der Waals surface area contributed by atoms with Crippen molar-refractivity contribution in [3.8, 4) is 17.1 Å². The first-order chi connectivity index (χ1) is 13.7. The number of hydrogen-bond acceptors (Lipinski definition) is 6. The maximum absolute atomic E-state index is 11.6. The van der Waals surface area contributed by atoms with Gasteiger partial charge in [0.15, 0.2) is 5.82 Å². The summed E-state index contributed by atoms with van der Waals surface area (Å²) in [4.78, 5) is 20.8. The van der Waals surface area contributed by atoms with Gasteiger partial charge in [0, 0.05) is 11.1 Å². The zero-order valence-electron chi connectivity index (χ0n) is 15.1. The van der Waals surface area contributed by atoms with E-state index in [0.29, 0.717) is 22.8 Å². The fourth-order valence-electron chi connectivity index (χ4n) is 2.90. The number of hydrogen-bond donors (Lipinski definition) is 2. The number of anilines is 2. The van der Waals surface area contributed by atoms with E-state index in [1.165, 1.54) is 7.11 Å². The number of methoxy groups -OCH3 is 1. The molecule has 138 valence electrons. The number of phenolic OH excluding ortho intramolecular Hbond substituents is 1. The standard InChI is InChI=1S/C22H17N3O3/c1-28-22(27)14-10-12-15(13-11-14)23-20-16-6-2-4-8-18(16)24-21(25-20)17-7-3-5-9-19(17)26/h2-13,26H,1H3,(H,23,24,25). The van der Waals surface area contributed by atoms with E-state index < -0.39 is 0 Å². The quantitative estimate of drug-likeness (QED) is 0.513. The molecule has 0 aliphatic heterocycles. The lowest BCUT2D eigenvalue weighted by atomic mass is 10.1. The Kier molecular flexibility index (Phi) is 4.60. The second-order valence-corrected chi connectivity index (χ2v) is 6.12. The molecule has 0 aliphatic carbocycles. The van der Waals surface area contributed by atoms with Gasteiger partial charge in [0.25, 0.3) is 0 Å². The normalized spacial score (nSPS) is 10.6. The summed E-state index contributed by atoms with van der Waals surface area (Å²) < 4.78 is 4.72. The molecule has 4 rings (SSSR count). The maximum Gasteiger partial charge on any atom is 0.337 e. The Morgan fingerprint density at radius 2 is 1.64 bits per heavy atom. The minimum Gasteiger partial charge on any atom is -0.507 e. The summed E-state index contributed by atoms with van der Waals surface area (Å²) in [5, 5.41) is 14.3. The molecule has 3 aromatic carbocycles. The summed E-state index contributed by atoms with van der Waals surface area (Å²) in [6, 6.07) is 21.5. The first kappa shape index (κ1) is 17.5. The molecule has 0 saturated heterocycles. The smallest absolute Gasteiger partial charge is 0.337 e. The zero-order chi connectivity index (χ0) is 19.5. The summed E-state index contributed by atoms with van der Waals surface area (Å²) in [7, 11) is 1.35. The molecule has 0 unspecified atom stereocenters.